The Bertz CT molecular complexity index is 440. The number of nitrogens with two attached hydrogens (primary N) is 1. The van der Waals surface area contributed by atoms with E-state index < -0.39 is 5.92 Å². The Balaban J connectivity index is 0.000000459. The van der Waals surface area contributed by atoms with E-state index in [2.05, 4.69) is 11.3 Å². The fourth-order valence-corrected chi connectivity index (χ4v) is 1.40. The SMILES string of the molecule is C=Cc1c(N)cccc1C(C)(F)F.CCOC(C)=O. The fraction of sp³-hybridized carbons (Fsp3) is 0.357. The molecule has 0 radical (unpaired) electrons. The lowest BCUT2D eigenvalue weighted by molar-refractivity contribution is -0.140. The van der Waals surface area contributed by atoms with Crippen LogP contribution in [-0.4, -0.2) is 12.6 Å². The van der Waals surface area contributed by atoms with Gasteiger partial charge in [-0.25, -0.2) is 8.78 Å². The predicted octanol–water partition coefficient (Wildman–Crippen LogP) is 3.59. The van der Waals surface area contributed by atoms with Crippen LogP contribution in [0.4, 0.5) is 14.5 Å². The molecule has 2 N–H and O–H groups in total. The van der Waals surface area contributed by atoms with Crippen molar-refractivity contribution in [3.05, 3.63) is 35.9 Å². The molecule has 0 aliphatic heterocycles. The van der Waals surface area contributed by atoms with Crippen LogP contribution in [0.5, 0.6) is 0 Å². The number of halogens is 2. The van der Waals surface area contributed by atoms with Crippen LogP contribution in [0.1, 0.15) is 31.9 Å². The highest BCUT2D eigenvalue weighted by molar-refractivity contribution is 5.67. The average molecular weight is 271 g/mol. The predicted molar refractivity (Wildman–Crippen MR) is 72.8 cm³/mol. The van der Waals surface area contributed by atoms with Gasteiger partial charge in [0.15, 0.2) is 0 Å². The normalized spacial score (nSPS) is 10.2. The van der Waals surface area contributed by atoms with Crippen molar-refractivity contribution in [1.29, 1.82) is 0 Å². The zero-order valence-corrected chi connectivity index (χ0v) is 11.4. The molecule has 19 heavy (non-hydrogen) atoms. The average Bonchev–Trinajstić information content (AvgIpc) is 2.28. The number of ether oxygens (including phenoxy) is 1. The molecule has 0 amide bonds. The molecule has 0 heterocycles. The third kappa shape index (κ3) is 5.99. The summed E-state index contributed by atoms with van der Waals surface area (Å²) in [4.78, 5) is 9.82. The summed E-state index contributed by atoms with van der Waals surface area (Å²) in [6.07, 6.45) is 1.35. The first-order valence-corrected chi connectivity index (χ1v) is 5.76. The van der Waals surface area contributed by atoms with E-state index in [4.69, 9.17) is 5.73 Å². The Kier molecular flexibility index (Phi) is 6.75. The Hall–Kier alpha value is -1.91. The van der Waals surface area contributed by atoms with Crippen molar-refractivity contribution >= 4 is 17.7 Å². The van der Waals surface area contributed by atoms with Crippen LogP contribution in [0.15, 0.2) is 24.8 Å². The third-order valence-electron chi connectivity index (χ3n) is 2.16. The van der Waals surface area contributed by atoms with E-state index in [9.17, 15) is 13.6 Å². The Morgan fingerprint density at radius 3 is 2.37 bits per heavy atom. The number of rotatable bonds is 3. The molecular weight excluding hydrogens is 252 g/mol. The molecular formula is C14H19F2NO2. The van der Waals surface area contributed by atoms with Crippen molar-refractivity contribution in [2.45, 2.75) is 26.7 Å². The molecule has 0 atom stereocenters. The first-order valence-electron chi connectivity index (χ1n) is 5.76. The Morgan fingerprint density at radius 1 is 1.53 bits per heavy atom. The second kappa shape index (κ2) is 7.51. The first kappa shape index (κ1) is 17.1. The lowest BCUT2D eigenvalue weighted by Gasteiger charge is -2.14. The minimum Gasteiger partial charge on any atom is -0.466 e. The van der Waals surface area contributed by atoms with Gasteiger partial charge in [-0.3, -0.25) is 4.79 Å². The fourth-order valence-electron chi connectivity index (χ4n) is 1.40. The number of nitrogen functional groups attached to an aromatic ring is 1. The molecule has 1 aromatic carbocycles. The van der Waals surface area contributed by atoms with Gasteiger partial charge < -0.3 is 10.5 Å². The summed E-state index contributed by atoms with van der Waals surface area (Å²) in [5, 5.41) is 0. The van der Waals surface area contributed by atoms with E-state index in [-0.39, 0.29) is 11.5 Å². The standard InChI is InChI=1S/C10H11F2N.C4H8O2/c1-3-7-8(10(2,11)12)5-4-6-9(7)13;1-3-6-4(2)5/h3-6H,1,13H2,2H3;3H2,1-2H3. The van der Waals surface area contributed by atoms with Crippen molar-refractivity contribution < 1.29 is 18.3 Å². The zero-order chi connectivity index (χ0) is 15.1. The van der Waals surface area contributed by atoms with Gasteiger partial charge in [0.05, 0.1) is 6.61 Å². The quantitative estimate of drug-likeness (QED) is 0.675. The van der Waals surface area contributed by atoms with E-state index in [1.54, 1.807) is 13.0 Å². The number of alkyl halides is 2. The summed E-state index contributed by atoms with van der Waals surface area (Å²) in [5.41, 5.74) is 6.09. The molecule has 0 aliphatic carbocycles. The van der Waals surface area contributed by atoms with Crippen molar-refractivity contribution in [2.75, 3.05) is 12.3 Å². The summed E-state index contributed by atoms with van der Waals surface area (Å²) in [6, 6.07) is 4.44. The topological polar surface area (TPSA) is 52.3 Å². The first-order chi connectivity index (χ1) is 8.73. The van der Waals surface area contributed by atoms with Gasteiger partial charge in [-0.2, -0.15) is 0 Å². The van der Waals surface area contributed by atoms with Crippen LogP contribution in [-0.2, 0) is 15.5 Å². The molecule has 0 fully saturated rings. The maximum atomic E-state index is 13.0. The van der Waals surface area contributed by atoms with Crippen LogP contribution >= 0.6 is 0 Å². The molecule has 5 heteroatoms. The molecule has 106 valence electrons. The summed E-state index contributed by atoms with van der Waals surface area (Å²) in [6.45, 7) is 7.95. The smallest absolute Gasteiger partial charge is 0.302 e. The highest BCUT2D eigenvalue weighted by atomic mass is 19.3. The molecule has 0 saturated heterocycles. The van der Waals surface area contributed by atoms with E-state index in [0.717, 1.165) is 6.92 Å². The minimum atomic E-state index is -2.88. The number of hydrogen-bond donors (Lipinski definition) is 1. The monoisotopic (exact) mass is 271 g/mol. The number of hydrogen-bond acceptors (Lipinski definition) is 3. The van der Waals surface area contributed by atoms with Gasteiger partial charge in [-0.05, 0) is 13.0 Å². The Morgan fingerprint density at radius 2 is 2.11 bits per heavy atom. The molecule has 0 spiro atoms. The van der Waals surface area contributed by atoms with Crippen LogP contribution in [0, 0.1) is 0 Å². The van der Waals surface area contributed by atoms with Crippen molar-refractivity contribution in [2.24, 2.45) is 0 Å². The molecule has 0 aromatic heterocycles. The van der Waals surface area contributed by atoms with Gasteiger partial charge >= 0.3 is 5.97 Å². The summed E-state index contributed by atoms with van der Waals surface area (Å²) < 4.78 is 30.4. The maximum Gasteiger partial charge on any atom is 0.302 e. The van der Waals surface area contributed by atoms with Crippen molar-refractivity contribution in [1.82, 2.24) is 0 Å². The largest absolute Gasteiger partial charge is 0.466 e. The molecule has 3 nitrogen and oxygen atoms in total. The van der Waals surface area contributed by atoms with Gasteiger partial charge in [-0.15, -0.1) is 0 Å². The minimum absolute atomic E-state index is 0.0810. The highest BCUT2D eigenvalue weighted by Gasteiger charge is 2.27. The van der Waals surface area contributed by atoms with Crippen LogP contribution in [0.2, 0.25) is 0 Å². The van der Waals surface area contributed by atoms with E-state index in [1.807, 2.05) is 0 Å². The second-order valence-corrected chi connectivity index (χ2v) is 3.83. The van der Waals surface area contributed by atoms with Crippen LogP contribution < -0.4 is 5.73 Å². The van der Waals surface area contributed by atoms with Crippen LogP contribution in [0.3, 0.4) is 0 Å². The lowest BCUT2D eigenvalue weighted by Crippen LogP contribution is -2.10. The summed E-state index contributed by atoms with van der Waals surface area (Å²) in [7, 11) is 0. The number of carbonyl (C=O) groups is 1. The van der Waals surface area contributed by atoms with Crippen LogP contribution in [0.25, 0.3) is 6.08 Å². The number of anilines is 1. The Labute approximate surface area is 112 Å². The zero-order valence-electron chi connectivity index (χ0n) is 11.4. The van der Waals surface area contributed by atoms with Crippen molar-refractivity contribution in [3.8, 4) is 0 Å². The number of carbonyl (C=O) groups excluding carboxylic acids is 1. The summed E-state index contributed by atoms with van der Waals surface area (Å²) >= 11 is 0. The molecule has 1 rings (SSSR count). The van der Waals surface area contributed by atoms with Gasteiger partial charge in [0.1, 0.15) is 0 Å². The number of esters is 1. The molecule has 0 aliphatic rings. The third-order valence-corrected chi connectivity index (χ3v) is 2.16. The van der Waals surface area contributed by atoms with E-state index >= 15 is 0 Å². The molecule has 0 saturated carbocycles. The van der Waals surface area contributed by atoms with E-state index in [1.165, 1.54) is 25.1 Å². The molecule has 0 bridgehead atoms. The second-order valence-electron chi connectivity index (χ2n) is 3.83. The molecule has 0 unspecified atom stereocenters. The maximum absolute atomic E-state index is 13.0. The van der Waals surface area contributed by atoms with Crippen molar-refractivity contribution in [3.63, 3.8) is 0 Å². The highest BCUT2D eigenvalue weighted by Crippen LogP contribution is 2.32. The van der Waals surface area contributed by atoms with Gasteiger partial charge in [0.2, 0.25) is 0 Å². The summed E-state index contributed by atoms with van der Waals surface area (Å²) in [5.74, 6) is -3.09. The van der Waals surface area contributed by atoms with Gasteiger partial charge in [-0.1, -0.05) is 24.8 Å². The lowest BCUT2D eigenvalue weighted by atomic mass is 10.0. The van der Waals surface area contributed by atoms with Gasteiger partial charge in [0, 0.05) is 30.7 Å². The van der Waals surface area contributed by atoms with E-state index in [0.29, 0.717) is 17.9 Å². The molecule has 1 aromatic rings. The van der Waals surface area contributed by atoms with Gasteiger partial charge in [0.25, 0.3) is 5.92 Å². The number of benzene rings is 1.